The van der Waals surface area contributed by atoms with Crippen molar-refractivity contribution in [2.24, 2.45) is 5.73 Å². The molecule has 1 aromatic heterocycles. The van der Waals surface area contributed by atoms with Gasteiger partial charge in [0.05, 0.1) is 6.20 Å². The highest BCUT2D eigenvalue weighted by atomic mass is 35.5. The number of carbonyl (C=O) groups is 1. The second-order valence-corrected chi connectivity index (χ2v) is 4.93. The molecule has 1 aromatic carbocycles. The van der Waals surface area contributed by atoms with Crippen molar-refractivity contribution in [3.05, 3.63) is 36.2 Å². The Morgan fingerprint density at radius 2 is 2.24 bits per heavy atom. The lowest BCUT2D eigenvalue weighted by Crippen LogP contribution is -2.19. The molecule has 5 nitrogen and oxygen atoms in total. The molecule has 1 unspecified atom stereocenters. The first kappa shape index (κ1) is 17.2. The maximum Gasteiger partial charge on any atom is 0.226 e. The monoisotopic (exact) mass is 309 g/mol. The van der Waals surface area contributed by atoms with Crippen LogP contribution < -0.4 is 11.1 Å². The van der Waals surface area contributed by atoms with Gasteiger partial charge in [0, 0.05) is 23.7 Å². The molecule has 0 aliphatic heterocycles. The van der Waals surface area contributed by atoms with Crippen LogP contribution >= 0.6 is 12.4 Å². The average molecular weight is 310 g/mol. The van der Waals surface area contributed by atoms with Crippen LogP contribution in [0, 0.1) is 6.92 Å². The second-order valence-electron chi connectivity index (χ2n) is 4.93. The predicted molar refractivity (Wildman–Crippen MR) is 85.4 cm³/mol. The van der Waals surface area contributed by atoms with Gasteiger partial charge >= 0.3 is 0 Å². The SMILES string of the molecule is Cc1ccc(NC(=O)CCC(C)N)cc1-c1ncco1.Cl. The van der Waals surface area contributed by atoms with Crippen LogP contribution in [0.2, 0.25) is 0 Å². The van der Waals surface area contributed by atoms with Crippen molar-refractivity contribution in [3.63, 3.8) is 0 Å². The lowest BCUT2D eigenvalue weighted by Gasteiger charge is -2.09. The zero-order valence-corrected chi connectivity index (χ0v) is 12.9. The maximum absolute atomic E-state index is 11.8. The molecule has 0 bridgehead atoms. The fourth-order valence-corrected chi connectivity index (χ4v) is 1.87. The van der Waals surface area contributed by atoms with E-state index in [1.807, 2.05) is 32.0 Å². The summed E-state index contributed by atoms with van der Waals surface area (Å²) < 4.78 is 5.30. The number of nitrogens with two attached hydrogens (primary N) is 1. The van der Waals surface area contributed by atoms with Crippen molar-refractivity contribution in [2.75, 3.05) is 5.32 Å². The Bertz CT molecular complexity index is 583. The van der Waals surface area contributed by atoms with Crippen molar-refractivity contribution >= 4 is 24.0 Å². The second kappa shape index (κ2) is 7.81. The quantitative estimate of drug-likeness (QED) is 0.889. The van der Waals surface area contributed by atoms with E-state index in [1.165, 1.54) is 6.26 Å². The van der Waals surface area contributed by atoms with Gasteiger partial charge in [0.25, 0.3) is 0 Å². The molecule has 1 amide bonds. The molecule has 0 saturated carbocycles. The number of halogens is 1. The van der Waals surface area contributed by atoms with E-state index in [-0.39, 0.29) is 24.4 Å². The van der Waals surface area contributed by atoms with Crippen LogP contribution in [0.3, 0.4) is 0 Å². The summed E-state index contributed by atoms with van der Waals surface area (Å²) >= 11 is 0. The van der Waals surface area contributed by atoms with Crippen molar-refractivity contribution in [1.29, 1.82) is 0 Å². The van der Waals surface area contributed by atoms with Gasteiger partial charge in [-0.05, 0) is 38.0 Å². The van der Waals surface area contributed by atoms with Crippen LogP contribution in [0.5, 0.6) is 0 Å². The maximum atomic E-state index is 11.8. The molecule has 114 valence electrons. The molecule has 0 aliphatic carbocycles. The molecule has 1 heterocycles. The minimum Gasteiger partial charge on any atom is -0.445 e. The Balaban J connectivity index is 0.00000220. The van der Waals surface area contributed by atoms with E-state index >= 15 is 0 Å². The largest absolute Gasteiger partial charge is 0.445 e. The van der Waals surface area contributed by atoms with Gasteiger partial charge in [0.15, 0.2) is 0 Å². The van der Waals surface area contributed by atoms with E-state index in [4.69, 9.17) is 10.2 Å². The number of nitrogens with one attached hydrogen (secondary N) is 1. The number of nitrogens with zero attached hydrogens (tertiary/aromatic N) is 1. The van der Waals surface area contributed by atoms with Gasteiger partial charge in [-0.1, -0.05) is 6.07 Å². The van der Waals surface area contributed by atoms with Gasteiger partial charge in [-0.25, -0.2) is 4.98 Å². The highest BCUT2D eigenvalue weighted by Crippen LogP contribution is 2.25. The Morgan fingerprint density at radius 1 is 1.48 bits per heavy atom. The minimum atomic E-state index is -0.0375. The average Bonchev–Trinajstić information content (AvgIpc) is 2.92. The van der Waals surface area contributed by atoms with Gasteiger partial charge in [0.1, 0.15) is 6.26 Å². The third kappa shape index (κ3) is 4.88. The van der Waals surface area contributed by atoms with Crippen molar-refractivity contribution in [1.82, 2.24) is 4.98 Å². The lowest BCUT2D eigenvalue weighted by atomic mass is 10.1. The van der Waals surface area contributed by atoms with E-state index in [1.54, 1.807) is 6.20 Å². The van der Waals surface area contributed by atoms with E-state index in [9.17, 15) is 4.79 Å². The lowest BCUT2D eigenvalue weighted by molar-refractivity contribution is -0.116. The first-order valence-corrected chi connectivity index (χ1v) is 6.62. The molecule has 0 spiro atoms. The zero-order valence-electron chi connectivity index (χ0n) is 12.1. The number of aromatic nitrogens is 1. The molecule has 1 atom stereocenters. The van der Waals surface area contributed by atoms with Gasteiger partial charge in [-0.2, -0.15) is 0 Å². The highest BCUT2D eigenvalue weighted by molar-refractivity contribution is 5.91. The molecular formula is C15H20ClN3O2. The van der Waals surface area contributed by atoms with Gasteiger partial charge in [-0.15, -0.1) is 12.4 Å². The number of hydrogen-bond donors (Lipinski definition) is 2. The molecule has 0 radical (unpaired) electrons. The van der Waals surface area contributed by atoms with E-state index < -0.39 is 0 Å². The van der Waals surface area contributed by atoms with Crippen LogP contribution in [0.25, 0.3) is 11.5 Å². The van der Waals surface area contributed by atoms with Crippen LogP contribution in [0.1, 0.15) is 25.3 Å². The predicted octanol–water partition coefficient (Wildman–Crippen LogP) is 3.14. The topological polar surface area (TPSA) is 81.2 Å². The first-order chi connectivity index (χ1) is 9.56. The van der Waals surface area contributed by atoms with Gasteiger partial charge < -0.3 is 15.5 Å². The van der Waals surface area contributed by atoms with Crippen molar-refractivity contribution in [2.45, 2.75) is 32.7 Å². The molecule has 2 rings (SSSR count). The summed E-state index contributed by atoms with van der Waals surface area (Å²) in [6.45, 7) is 3.86. The Labute approximate surface area is 130 Å². The molecule has 3 N–H and O–H groups in total. The number of hydrogen-bond acceptors (Lipinski definition) is 4. The number of amides is 1. The third-order valence-corrected chi connectivity index (χ3v) is 3.01. The number of anilines is 1. The number of benzene rings is 1. The molecule has 0 aliphatic rings. The number of oxazole rings is 1. The van der Waals surface area contributed by atoms with E-state index in [0.29, 0.717) is 18.7 Å². The molecule has 6 heteroatoms. The smallest absolute Gasteiger partial charge is 0.226 e. The minimum absolute atomic E-state index is 0. The zero-order chi connectivity index (χ0) is 14.5. The summed E-state index contributed by atoms with van der Waals surface area (Å²) in [6, 6.07) is 5.69. The molecule has 2 aromatic rings. The summed E-state index contributed by atoms with van der Waals surface area (Å²) in [5.41, 5.74) is 8.29. The van der Waals surface area contributed by atoms with Gasteiger partial charge in [0.2, 0.25) is 11.8 Å². The van der Waals surface area contributed by atoms with E-state index in [2.05, 4.69) is 10.3 Å². The van der Waals surface area contributed by atoms with Crippen molar-refractivity contribution < 1.29 is 9.21 Å². The van der Waals surface area contributed by atoms with Gasteiger partial charge in [-0.3, -0.25) is 4.79 Å². The van der Waals surface area contributed by atoms with Crippen LogP contribution in [0.15, 0.2) is 35.1 Å². The molecular weight excluding hydrogens is 290 g/mol. The molecule has 0 fully saturated rings. The van der Waals surface area contributed by atoms with Crippen LogP contribution in [-0.2, 0) is 4.79 Å². The first-order valence-electron chi connectivity index (χ1n) is 6.62. The van der Waals surface area contributed by atoms with E-state index in [0.717, 1.165) is 16.8 Å². The fourth-order valence-electron chi connectivity index (χ4n) is 1.87. The Hall–Kier alpha value is -1.85. The summed E-state index contributed by atoms with van der Waals surface area (Å²) in [4.78, 5) is 15.9. The summed E-state index contributed by atoms with van der Waals surface area (Å²) in [5.74, 6) is 0.513. The summed E-state index contributed by atoms with van der Waals surface area (Å²) in [5, 5.41) is 2.86. The van der Waals surface area contributed by atoms with Crippen LogP contribution in [-0.4, -0.2) is 16.9 Å². The Morgan fingerprint density at radius 3 is 2.86 bits per heavy atom. The fraction of sp³-hybridized carbons (Fsp3) is 0.333. The standard InChI is InChI=1S/C15H19N3O2.ClH/c1-10-3-5-12(18-14(19)6-4-11(2)16)9-13(10)15-17-7-8-20-15;/h3,5,7-9,11H,4,6,16H2,1-2H3,(H,18,19);1H. The molecule has 0 saturated heterocycles. The normalized spacial score (nSPS) is 11.6. The number of aryl methyl sites for hydroxylation is 1. The van der Waals surface area contributed by atoms with Crippen molar-refractivity contribution in [3.8, 4) is 11.5 Å². The number of carbonyl (C=O) groups excluding carboxylic acids is 1. The Kier molecular flexibility index (Phi) is 6.39. The van der Waals surface area contributed by atoms with Crippen LogP contribution in [0.4, 0.5) is 5.69 Å². The summed E-state index contributed by atoms with van der Waals surface area (Å²) in [7, 11) is 0. The summed E-state index contributed by atoms with van der Waals surface area (Å²) in [6.07, 6.45) is 4.22. The third-order valence-electron chi connectivity index (χ3n) is 3.01. The highest BCUT2D eigenvalue weighted by Gasteiger charge is 2.09. The number of rotatable bonds is 5. The molecule has 21 heavy (non-hydrogen) atoms.